The van der Waals surface area contributed by atoms with E-state index < -0.39 is 17.7 Å². The minimum absolute atomic E-state index is 0.0415. The highest BCUT2D eigenvalue weighted by Crippen LogP contribution is 2.33. The predicted molar refractivity (Wildman–Crippen MR) is 86.6 cm³/mol. The molecule has 4 rings (SSSR count). The number of amides is 1. The van der Waals surface area contributed by atoms with Crippen molar-refractivity contribution in [1.82, 2.24) is 19.8 Å². The molecule has 7 heteroatoms. The van der Waals surface area contributed by atoms with Crippen LogP contribution in [-0.4, -0.2) is 51.4 Å². The molecular formula is C18H18F2N4O. The van der Waals surface area contributed by atoms with Crippen LogP contribution in [0.15, 0.2) is 36.8 Å². The van der Waals surface area contributed by atoms with Gasteiger partial charge in [-0.25, -0.2) is 9.37 Å². The molecule has 130 valence electrons. The van der Waals surface area contributed by atoms with Crippen LogP contribution in [0.25, 0.3) is 0 Å². The van der Waals surface area contributed by atoms with Crippen molar-refractivity contribution in [3.05, 3.63) is 59.7 Å². The van der Waals surface area contributed by atoms with E-state index in [0.29, 0.717) is 12.5 Å². The molecule has 0 bridgehead atoms. The van der Waals surface area contributed by atoms with Crippen LogP contribution < -0.4 is 0 Å². The Balaban J connectivity index is 1.48. The van der Waals surface area contributed by atoms with Crippen LogP contribution in [0, 0.1) is 17.7 Å². The van der Waals surface area contributed by atoms with Gasteiger partial charge in [-0.2, -0.15) is 4.39 Å². The number of rotatable bonds is 3. The molecule has 0 saturated carbocycles. The number of carbonyl (C=O) groups excluding carboxylic acids is 1. The summed E-state index contributed by atoms with van der Waals surface area (Å²) in [5.41, 5.74) is 0.890. The summed E-state index contributed by atoms with van der Waals surface area (Å²) >= 11 is 0. The Morgan fingerprint density at radius 3 is 2.96 bits per heavy atom. The fourth-order valence-corrected chi connectivity index (χ4v) is 3.91. The molecule has 2 atom stereocenters. The summed E-state index contributed by atoms with van der Waals surface area (Å²) in [7, 11) is 0. The highest BCUT2D eigenvalue weighted by atomic mass is 19.1. The van der Waals surface area contributed by atoms with E-state index in [0.717, 1.165) is 43.9 Å². The van der Waals surface area contributed by atoms with E-state index >= 15 is 0 Å². The number of hydrogen-bond acceptors (Lipinski definition) is 4. The lowest BCUT2D eigenvalue weighted by molar-refractivity contribution is 0.0720. The van der Waals surface area contributed by atoms with Crippen molar-refractivity contribution >= 4 is 5.91 Å². The van der Waals surface area contributed by atoms with Crippen molar-refractivity contribution < 1.29 is 13.6 Å². The molecule has 1 amide bonds. The van der Waals surface area contributed by atoms with Gasteiger partial charge in [0.05, 0.1) is 11.8 Å². The Bertz CT molecular complexity index is 786. The molecule has 0 spiro atoms. The number of halogens is 2. The maximum absolute atomic E-state index is 13.9. The van der Waals surface area contributed by atoms with Crippen molar-refractivity contribution in [2.75, 3.05) is 19.6 Å². The highest BCUT2D eigenvalue weighted by molar-refractivity contribution is 5.94. The summed E-state index contributed by atoms with van der Waals surface area (Å²) < 4.78 is 27.2. The Morgan fingerprint density at radius 2 is 2.16 bits per heavy atom. The number of pyridine rings is 2. The first-order valence-corrected chi connectivity index (χ1v) is 8.35. The van der Waals surface area contributed by atoms with Crippen LogP contribution in [0.4, 0.5) is 8.78 Å². The second kappa shape index (κ2) is 6.48. The minimum Gasteiger partial charge on any atom is -0.334 e. The molecule has 2 aliphatic heterocycles. The molecule has 0 aliphatic carbocycles. The molecule has 0 N–H and O–H groups in total. The lowest BCUT2D eigenvalue weighted by Crippen LogP contribution is -2.40. The molecule has 4 heterocycles. The van der Waals surface area contributed by atoms with Crippen LogP contribution in [0.5, 0.6) is 0 Å². The van der Waals surface area contributed by atoms with Gasteiger partial charge in [-0.15, -0.1) is 0 Å². The van der Waals surface area contributed by atoms with Crippen LogP contribution in [0.2, 0.25) is 0 Å². The van der Waals surface area contributed by atoms with Crippen LogP contribution in [0.3, 0.4) is 0 Å². The van der Waals surface area contributed by atoms with E-state index in [1.165, 1.54) is 0 Å². The Hall–Kier alpha value is -2.41. The average molecular weight is 344 g/mol. The second-order valence-electron chi connectivity index (χ2n) is 6.66. The summed E-state index contributed by atoms with van der Waals surface area (Å²) in [5, 5.41) is 0. The molecule has 0 unspecified atom stereocenters. The van der Waals surface area contributed by atoms with E-state index in [-0.39, 0.29) is 11.6 Å². The standard InChI is InChI=1S/C18H18F2N4O/c19-15-8-22-17(20)6-14(15)18(25)24-5-3-13-10-23(11-16(13)24)9-12-2-1-4-21-7-12/h1-2,4,6-8,13,16H,3,5,9-11H2/t13-,16+/m0/s1. The van der Waals surface area contributed by atoms with Crippen molar-refractivity contribution in [2.24, 2.45) is 5.92 Å². The Morgan fingerprint density at radius 1 is 1.28 bits per heavy atom. The summed E-state index contributed by atoms with van der Waals surface area (Å²) in [6.07, 6.45) is 5.23. The summed E-state index contributed by atoms with van der Waals surface area (Å²) in [6.45, 7) is 3.00. The molecule has 2 fully saturated rings. The third-order valence-corrected chi connectivity index (χ3v) is 5.07. The lowest BCUT2D eigenvalue weighted by atomic mass is 10.0. The van der Waals surface area contributed by atoms with Crippen LogP contribution in [0.1, 0.15) is 22.3 Å². The SMILES string of the molecule is O=C(c1cc(F)ncc1F)N1CC[C@H]2CN(Cc3cccnc3)C[C@H]21. The maximum Gasteiger partial charge on any atom is 0.257 e. The van der Waals surface area contributed by atoms with Crippen molar-refractivity contribution in [1.29, 1.82) is 0 Å². The molecule has 25 heavy (non-hydrogen) atoms. The molecule has 5 nitrogen and oxygen atoms in total. The van der Waals surface area contributed by atoms with Crippen molar-refractivity contribution in [2.45, 2.75) is 19.0 Å². The molecule has 2 aliphatic rings. The molecule has 2 aromatic rings. The monoisotopic (exact) mass is 344 g/mol. The third-order valence-electron chi connectivity index (χ3n) is 5.07. The van der Waals surface area contributed by atoms with Gasteiger partial charge in [0.25, 0.3) is 5.91 Å². The third kappa shape index (κ3) is 3.11. The highest BCUT2D eigenvalue weighted by Gasteiger charge is 2.43. The maximum atomic E-state index is 13.9. The van der Waals surface area contributed by atoms with Gasteiger partial charge in [0.15, 0.2) is 5.82 Å². The van der Waals surface area contributed by atoms with Gasteiger partial charge in [0.2, 0.25) is 5.95 Å². The van der Waals surface area contributed by atoms with Gasteiger partial charge in [-0.05, 0) is 24.0 Å². The number of hydrogen-bond donors (Lipinski definition) is 0. The smallest absolute Gasteiger partial charge is 0.257 e. The first-order valence-electron chi connectivity index (χ1n) is 8.35. The van der Waals surface area contributed by atoms with Gasteiger partial charge in [-0.3, -0.25) is 14.7 Å². The van der Waals surface area contributed by atoms with E-state index in [1.807, 2.05) is 18.3 Å². The zero-order valence-electron chi connectivity index (χ0n) is 13.6. The molecule has 2 saturated heterocycles. The van der Waals surface area contributed by atoms with Gasteiger partial charge >= 0.3 is 0 Å². The second-order valence-corrected chi connectivity index (χ2v) is 6.66. The fourth-order valence-electron chi connectivity index (χ4n) is 3.91. The van der Waals surface area contributed by atoms with Gasteiger partial charge in [0, 0.05) is 50.7 Å². The van der Waals surface area contributed by atoms with Crippen molar-refractivity contribution in [3.8, 4) is 0 Å². The summed E-state index contributed by atoms with van der Waals surface area (Å²) in [5.74, 6) is -1.70. The van der Waals surface area contributed by atoms with E-state index in [2.05, 4.69) is 14.9 Å². The van der Waals surface area contributed by atoms with Crippen LogP contribution >= 0.6 is 0 Å². The molecule has 2 aromatic heterocycles. The number of aromatic nitrogens is 2. The zero-order chi connectivity index (χ0) is 17.4. The van der Waals surface area contributed by atoms with Gasteiger partial charge in [0.1, 0.15) is 0 Å². The number of nitrogens with zero attached hydrogens (tertiary/aromatic N) is 4. The van der Waals surface area contributed by atoms with Gasteiger partial charge in [-0.1, -0.05) is 6.07 Å². The summed E-state index contributed by atoms with van der Waals surface area (Å²) in [4.78, 5) is 24.0. The van der Waals surface area contributed by atoms with Crippen LogP contribution in [-0.2, 0) is 6.54 Å². The quantitative estimate of drug-likeness (QED) is 0.800. The van der Waals surface area contributed by atoms with Crippen molar-refractivity contribution in [3.63, 3.8) is 0 Å². The lowest BCUT2D eigenvalue weighted by Gasteiger charge is -2.25. The molecular weight excluding hydrogens is 326 g/mol. The van der Waals surface area contributed by atoms with Gasteiger partial charge < -0.3 is 4.90 Å². The average Bonchev–Trinajstić information content (AvgIpc) is 3.17. The predicted octanol–water partition coefficient (Wildman–Crippen LogP) is 2.10. The minimum atomic E-state index is -0.842. The Kier molecular flexibility index (Phi) is 4.17. The Labute approximate surface area is 144 Å². The fraction of sp³-hybridized carbons (Fsp3) is 0.389. The topological polar surface area (TPSA) is 49.3 Å². The number of carbonyl (C=O) groups is 1. The molecule has 0 aromatic carbocycles. The zero-order valence-corrected chi connectivity index (χ0v) is 13.6. The van der Waals surface area contributed by atoms with E-state index in [4.69, 9.17) is 0 Å². The van der Waals surface area contributed by atoms with E-state index in [1.54, 1.807) is 11.1 Å². The normalized spacial score (nSPS) is 23.0. The van der Waals surface area contributed by atoms with E-state index in [9.17, 15) is 13.6 Å². The first kappa shape index (κ1) is 16.1. The summed E-state index contributed by atoms with van der Waals surface area (Å²) in [6, 6.07) is 4.86. The molecule has 0 radical (unpaired) electrons. The largest absolute Gasteiger partial charge is 0.334 e. The first-order chi connectivity index (χ1) is 12.1. The number of likely N-dealkylation sites (tertiary alicyclic amines) is 2. The number of fused-ring (bicyclic) bond motifs is 1.